The third kappa shape index (κ3) is 4.47. The summed E-state index contributed by atoms with van der Waals surface area (Å²) in [5.74, 6) is -0.827. The van der Waals surface area contributed by atoms with Gasteiger partial charge in [-0.25, -0.2) is 4.79 Å². The molecule has 4 atom stereocenters. The summed E-state index contributed by atoms with van der Waals surface area (Å²) >= 11 is 0. The second-order valence-electron chi connectivity index (χ2n) is 8.41. The number of carbonyl (C=O) groups is 4. The molecule has 162 valence electrons. The van der Waals surface area contributed by atoms with E-state index < -0.39 is 36.6 Å². The number of imide groups is 1. The van der Waals surface area contributed by atoms with Gasteiger partial charge >= 0.3 is 12.0 Å². The van der Waals surface area contributed by atoms with Crippen LogP contribution in [0, 0.1) is 11.8 Å². The van der Waals surface area contributed by atoms with Crippen molar-refractivity contribution in [2.24, 2.45) is 11.8 Å². The third-order valence-electron chi connectivity index (χ3n) is 6.33. The van der Waals surface area contributed by atoms with E-state index in [2.05, 4.69) is 24.5 Å². The van der Waals surface area contributed by atoms with E-state index in [1.165, 1.54) is 0 Å². The molecule has 8 heteroatoms. The first kappa shape index (κ1) is 21.8. The number of hydrogen-bond acceptors (Lipinski definition) is 5. The van der Waals surface area contributed by atoms with Crippen LogP contribution in [0.4, 0.5) is 4.79 Å². The van der Waals surface area contributed by atoms with Gasteiger partial charge in [0.2, 0.25) is 0 Å². The molecule has 0 unspecified atom stereocenters. The van der Waals surface area contributed by atoms with Crippen molar-refractivity contribution in [1.82, 2.24) is 15.5 Å². The first-order valence-electron chi connectivity index (χ1n) is 10.4. The SMILES string of the molecule is C[C@@H]1[C@@H](C)CCC[C@H]1NC(=O)COC(=O)CN1C(=O)N[C@](C)(c2ccccc2)C1=O. The van der Waals surface area contributed by atoms with Crippen molar-refractivity contribution in [3.63, 3.8) is 0 Å². The Balaban J connectivity index is 1.52. The van der Waals surface area contributed by atoms with Crippen molar-refractivity contribution in [3.05, 3.63) is 35.9 Å². The summed E-state index contributed by atoms with van der Waals surface area (Å²) in [7, 11) is 0. The van der Waals surface area contributed by atoms with Crippen LogP contribution in [0.2, 0.25) is 0 Å². The maximum absolute atomic E-state index is 12.8. The highest BCUT2D eigenvalue weighted by molar-refractivity contribution is 6.08. The highest BCUT2D eigenvalue weighted by Gasteiger charge is 2.49. The van der Waals surface area contributed by atoms with Crippen LogP contribution in [-0.4, -0.2) is 47.9 Å². The number of nitrogens with one attached hydrogen (secondary N) is 2. The van der Waals surface area contributed by atoms with Gasteiger partial charge in [0.05, 0.1) is 0 Å². The van der Waals surface area contributed by atoms with Crippen molar-refractivity contribution in [3.8, 4) is 0 Å². The molecule has 4 amide bonds. The predicted molar refractivity (Wildman–Crippen MR) is 109 cm³/mol. The molecule has 2 aliphatic rings. The molecule has 0 radical (unpaired) electrons. The minimum Gasteiger partial charge on any atom is -0.454 e. The molecule has 1 aliphatic heterocycles. The van der Waals surface area contributed by atoms with Crippen LogP contribution in [0.5, 0.6) is 0 Å². The number of amides is 4. The summed E-state index contributed by atoms with van der Waals surface area (Å²) in [5.41, 5.74) is -0.626. The Morgan fingerprint density at radius 2 is 1.90 bits per heavy atom. The van der Waals surface area contributed by atoms with Gasteiger partial charge in [0.25, 0.3) is 11.8 Å². The Bertz CT molecular complexity index is 827. The number of rotatable bonds is 6. The molecular weight excluding hydrogens is 386 g/mol. The summed E-state index contributed by atoms with van der Waals surface area (Å²) in [5, 5.41) is 5.55. The molecule has 1 saturated carbocycles. The molecule has 2 N–H and O–H groups in total. The molecule has 1 aromatic rings. The van der Waals surface area contributed by atoms with E-state index in [1.54, 1.807) is 31.2 Å². The normalized spacial score (nSPS) is 28.8. The lowest BCUT2D eigenvalue weighted by Crippen LogP contribution is -2.45. The lowest BCUT2D eigenvalue weighted by Gasteiger charge is -2.34. The highest BCUT2D eigenvalue weighted by atomic mass is 16.5. The lowest BCUT2D eigenvalue weighted by molar-refractivity contribution is -0.151. The summed E-state index contributed by atoms with van der Waals surface area (Å²) < 4.78 is 5.02. The van der Waals surface area contributed by atoms with E-state index in [0.717, 1.165) is 24.2 Å². The van der Waals surface area contributed by atoms with Crippen LogP contribution in [0.25, 0.3) is 0 Å². The van der Waals surface area contributed by atoms with Gasteiger partial charge in [-0.15, -0.1) is 0 Å². The molecule has 1 aliphatic carbocycles. The summed E-state index contributed by atoms with van der Waals surface area (Å²) in [6, 6.07) is 8.21. The first-order valence-corrected chi connectivity index (χ1v) is 10.4. The number of benzene rings is 1. The fraction of sp³-hybridized carbons (Fsp3) is 0.545. The third-order valence-corrected chi connectivity index (χ3v) is 6.33. The quantitative estimate of drug-likeness (QED) is 0.546. The van der Waals surface area contributed by atoms with E-state index in [9.17, 15) is 19.2 Å². The Kier molecular flexibility index (Phi) is 6.43. The van der Waals surface area contributed by atoms with Gasteiger partial charge in [0.1, 0.15) is 12.1 Å². The molecule has 3 rings (SSSR count). The number of nitrogens with zero attached hydrogens (tertiary/aromatic N) is 1. The van der Waals surface area contributed by atoms with Crippen LogP contribution in [0.15, 0.2) is 30.3 Å². The molecular formula is C22H29N3O5. The molecule has 0 bridgehead atoms. The van der Waals surface area contributed by atoms with Gasteiger partial charge in [0, 0.05) is 6.04 Å². The lowest BCUT2D eigenvalue weighted by atomic mass is 9.78. The summed E-state index contributed by atoms with van der Waals surface area (Å²) in [6.45, 7) is 4.90. The van der Waals surface area contributed by atoms with E-state index >= 15 is 0 Å². The van der Waals surface area contributed by atoms with Gasteiger partial charge in [-0.1, -0.05) is 57.0 Å². The molecule has 0 aromatic heterocycles. The Morgan fingerprint density at radius 3 is 2.60 bits per heavy atom. The van der Waals surface area contributed by atoms with Crippen molar-refractivity contribution in [1.29, 1.82) is 0 Å². The van der Waals surface area contributed by atoms with Gasteiger partial charge < -0.3 is 15.4 Å². The van der Waals surface area contributed by atoms with Gasteiger partial charge in [-0.05, 0) is 30.7 Å². The van der Waals surface area contributed by atoms with Crippen LogP contribution >= 0.6 is 0 Å². The van der Waals surface area contributed by atoms with E-state index in [4.69, 9.17) is 4.74 Å². The number of esters is 1. The summed E-state index contributed by atoms with van der Waals surface area (Å²) in [6.07, 6.45) is 3.12. The highest BCUT2D eigenvalue weighted by Crippen LogP contribution is 2.30. The van der Waals surface area contributed by atoms with E-state index in [0.29, 0.717) is 17.4 Å². The number of urea groups is 1. The topological polar surface area (TPSA) is 105 Å². The van der Waals surface area contributed by atoms with E-state index in [-0.39, 0.29) is 11.9 Å². The number of ether oxygens (including phenoxy) is 1. The van der Waals surface area contributed by atoms with Gasteiger partial charge in [-0.3, -0.25) is 19.3 Å². The van der Waals surface area contributed by atoms with Crippen LogP contribution in [0.1, 0.15) is 45.6 Å². The molecule has 1 saturated heterocycles. The minimum absolute atomic E-state index is 0.0671. The minimum atomic E-state index is -1.25. The van der Waals surface area contributed by atoms with Crippen molar-refractivity contribution < 1.29 is 23.9 Å². The van der Waals surface area contributed by atoms with Gasteiger partial charge in [-0.2, -0.15) is 0 Å². The molecule has 8 nitrogen and oxygen atoms in total. The number of carbonyl (C=O) groups excluding carboxylic acids is 4. The average molecular weight is 415 g/mol. The average Bonchev–Trinajstić information content (AvgIpc) is 2.94. The maximum Gasteiger partial charge on any atom is 0.326 e. The van der Waals surface area contributed by atoms with Crippen LogP contribution in [-0.2, 0) is 24.7 Å². The van der Waals surface area contributed by atoms with Gasteiger partial charge in [0.15, 0.2) is 6.61 Å². The molecule has 0 spiro atoms. The Morgan fingerprint density at radius 1 is 1.20 bits per heavy atom. The monoisotopic (exact) mass is 415 g/mol. The fourth-order valence-electron chi connectivity index (χ4n) is 4.16. The standard InChI is InChI=1S/C22H29N3O5/c1-14-8-7-11-17(15(14)2)23-18(26)13-30-19(27)12-25-20(28)22(3,24-21(25)29)16-9-5-4-6-10-16/h4-6,9-10,14-15,17H,7-8,11-13H2,1-3H3,(H,23,26)(H,24,29)/t14-,15+,17+,22+/m0/s1. The van der Waals surface area contributed by atoms with Crippen molar-refractivity contribution in [2.75, 3.05) is 13.2 Å². The Hall–Kier alpha value is -2.90. The first-order chi connectivity index (χ1) is 14.2. The maximum atomic E-state index is 12.8. The Labute approximate surface area is 176 Å². The van der Waals surface area contributed by atoms with Crippen molar-refractivity contribution >= 4 is 23.8 Å². The van der Waals surface area contributed by atoms with E-state index in [1.807, 2.05) is 6.07 Å². The zero-order chi connectivity index (χ0) is 21.9. The number of hydrogen-bond donors (Lipinski definition) is 2. The summed E-state index contributed by atoms with van der Waals surface area (Å²) in [4.78, 5) is 50.2. The molecule has 1 heterocycles. The molecule has 2 fully saturated rings. The molecule has 1 aromatic carbocycles. The van der Waals surface area contributed by atoms with Crippen molar-refractivity contribution in [2.45, 2.75) is 51.6 Å². The zero-order valence-electron chi connectivity index (χ0n) is 17.6. The fourth-order valence-corrected chi connectivity index (χ4v) is 4.16. The second kappa shape index (κ2) is 8.85. The smallest absolute Gasteiger partial charge is 0.326 e. The molecule has 30 heavy (non-hydrogen) atoms. The van der Waals surface area contributed by atoms with Crippen LogP contribution in [0.3, 0.4) is 0 Å². The largest absolute Gasteiger partial charge is 0.454 e. The predicted octanol–water partition coefficient (Wildman–Crippen LogP) is 1.94. The van der Waals surface area contributed by atoms with Crippen LogP contribution < -0.4 is 10.6 Å². The zero-order valence-corrected chi connectivity index (χ0v) is 17.6. The second-order valence-corrected chi connectivity index (χ2v) is 8.41.